The summed E-state index contributed by atoms with van der Waals surface area (Å²) in [4.78, 5) is 11.9. The van der Waals surface area contributed by atoms with Crippen LogP contribution < -0.4 is 5.32 Å². The Hall–Kier alpha value is -1.35. The molecular formula is C15H21NO2. The van der Waals surface area contributed by atoms with E-state index >= 15 is 0 Å². The van der Waals surface area contributed by atoms with E-state index in [2.05, 4.69) is 5.32 Å². The minimum atomic E-state index is -0.508. The quantitative estimate of drug-likeness (QED) is 0.841. The molecule has 18 heavy (non-hydrogen) atoms. The molecule has 3 heteroatoms. The minimum absolute atomic E-state index is 0.00301. The number of aliphatic hydroxyl groups is 1. The largest absolute Gasteiger partial charge is 0.390 e. The van der Waals surface area contributed by atoms with Gasteiger partial charge in [0.15, 0.2) is 0 Å². The van der Waals surface area contributed by atoms with Gasteiger partial charge in [0.25, 0.3) is 0 Å². The summed E-state index contributed by atoms with van der Waals surface area (Å²) in [7, 11) is 0. The molecule has 1 aromatic carbocycles. The smallest absolute Gasteiger partial charge is 0.221 e. The molecule has 1 aliphatic rings. The highest BCUT2D eigenvalue weighted by atomic mass is 16.3. The van der Waals surface area contributed by atoms with Crippen LogP contribution in [0.4, 0.5) is 0 Å². The van der Waals surface area contributed by atoms with Crippen molar-refractivity contribution in [1.29, 1.82) is 0 Å². The molecule has 0 fully saturated rings. The molecule has 0 saturated carbocycles. The maximum Gasteiger partial charge on any atom is 0.221 e. The molecule has 0 heterocycles. The summed E-state index contributed by atoms with van der Waals surface area (Å²) in [6.07, 6.45) is 0.584. The molecule has 2 rings (SSSR count). The van der Waals surface area contributed by atoms with E-state index in [4.69, 9.17) is 0 Å². The van der Waals surface area contributed by atoms with Crippen molar-refractivity contribution in [3.8, 4) is 0 Å². The van der Waals surface area contributed by atoms with Crippen molar-refractivity contribution in [2.75, 3.05) is 0 Å². The molecule has 0 aromatic heterocycles. The number of aliphatic hydroxyl groups excluding tert-OH is 1. The summed E-state index contributed by atoms with van der Waals surface area (Å²) in [5, 5.41) is 13.0. The Bertz CT molecular complexity index is 448. The number of carbonyl (C=O) groups is 1. The third-order valence-corrected chi connectivity index (χ3v) is 3.21. The highest BCUT2D eigenvalue weighted by molar-refractivity contribution is 5.77. The summed E-state index contributed by atoms with van der Waals surface area (Å²) < 4.78 is 0. The Kier molecular flexibility index (Phi) is 3.44. The molecule has 2 atom stereocenters. The topological polar surface area (TPSA) is 49.3 Å². The minimum Gasteiger partial charge on any atom is -0.390 e. The van der Waals surface area contributed by atoms with Crippen molar-refractivity contribution < 1.29 is 9.90 Å². The zero-order valence-corrected chi connectivity index (χ0v) is 11.2. The summed E-state index contributed by atoms with van der Waals surface area (Å²) >= 11 is 0. The predicted octanol–water partition coefficient (Wildman–Crippen LogP) is 2.20. The van der Waals surface area contributed by atoms with E-state index in [0.717, 1.165) is 11.1 Å². The number of amides is 1. The van der Waals surface area contributed by atoms with Gasteiger partial charge in [0.05, 0.1) is 12.1 Å². The lowest BCUT2D eigenvalue weighted by Crippen LogP contribution is -2.35. The van der Waals surface area contributed by atoms with Gasteiger partial charge in [-0.25, -0.2) is 0 Å². The average molecular weight is 247 g/mol. The monoisotopic (exact) mass is 247 g/mol. The summed E-state index contributed by atoms with van der Waals surface area (Å²) in [5.74, 6) is 0.00301. The second-order valence-corrected chi connectivity index (χ2v) is 6.25. The molecule has 1 aromatic rings. The van der Waals surface area contributed by atoms with Crippen LogP contribution >= 0.6 is 0 Å². The highest BCUT2D eigenvalue weighted by Crippen LogP contribution is 2.31. The highest BCUT2D eigenvalue weighted by Gasteiger charge is 2.32. The van der Waals surface area contributed by atoms with Crippen LogP contribution in [0.3, 0.4) is 0 Å². The average Bonchev–Trinajstić information content (AvgIpc) is 2.53. The molecule has 3 nitrogen and oxygen atoms in total. The first-order chi connectivity index (χ1) is 8.37. The lowest BCUT2D eigenvalue weighted by molar-refractivity contribution is -0.124. The fourth-order valence-corrected chi connectivity index (χ4v) is 2.45. The van der Waals surface area contributed by atoms with Gasteiger partial charge in [-0.15, -0.1) is 0 Å². The zero-order chi connectivity index (χ0) is 13.3. The van der Waals surface area contributed by atoms with Gasteiger partial charge < -0.3 is 10.4 Å². The van der Waals surface area contributed by atoms with Gasteiger partial charge in [-0.3, -0.25) is 4.79 Å². The van der Waals surface area contributed by atoms with Crippen molar-refractivity contribution in [2.45, 2.75) is 45.8 Å². The maximum absolute atomic E-state index is 11.9. The van der Waals surface area contributed by atoms with Crippen LogP contribution in [0.1, 0.15) is 44.4 Å². The molecule has 0 bridgehead atoms. The standard InChI is InChI=1S/C15H21NO2/c1-15(2,3)9-13(18)16-14-11-7-5-4-6-10(11)8-12(14)17/h4-7,12,14,17H,8-9H2,1-3H3,(H,16,18)/t12-,14+/m0/s1. The lowest BCUT2D eigenvalue weighted by Gasteiger charge is -2.22. The van der Waals surface area contributed by atoms with E-state index in [1.54, 1.807) is 0 Å². The Morgan fingerprint density at radius 1 is 1.39 bits per heavy atom. The van der Waals surface area contributed by atoms with Crippen LogP contribution in [-0.4, -0.2) is 17.1 Å². The van der Waals surface area contributed by atoms with E-state index < -0.39 is 6.10 Å². The molecule has 0 aliphatic heterocycles. The van der Waals surface area contributed by atoms with E-state index in [-0.39, 0.29) is 17.4 Å². The Morgan fingerprint density at radius 2 is 2.06 bits per heavy atom. The molecule has 0 radical (unpaired) electrons. The molecule has 98 valence electrons. The lowest BCUT2D eigenvalue weighted by atomic mass is 9.91. The van der Waals surface area contributed by atoms with Gasteiger partial charge in [-0.1, -0.05) is 45.0 Å². The van der Waals surface area contributed by atoms with Gasteiger partial charge in [0.2, 0.25) is 5.91 Å². The third kappa shape index (κ3) is 2.91. The predicted molar refractivity (Wildman–Crippen MR) is 71.1 cm³/mol. The molecule has 1 amide bonds. The second-order valence-electron chi connectivity index (χ2n) is 6.25. The van der Waals surface area contributed by atoms with E-state index in [1.165, 1.54) is 0 Å². The first-order valence-corrected chi connectivity index (χ1v) is 6.42. The van der Waals surface area contributed by atoms with Gasteiger partial charge >= 0.3 is 0 Å². The van der Waals surface area contributed by atoms with Crippen molar-refractivity contribution in [2.24, 2.45) is 5.41 Å². The van der Waals surface area contributed by atoms with Crippen molar-refractivity contribution in [3.05, 3.63) is 35.4 Å². The Morgan fingerprint density at radius 3 is 2.72 bits per heavy atom. The second kappa shape index (κ2) is 4.73. The van der Waals surface area contributed by atoms with E-state index in [1.807, 2.05) is 45.0 Å². The van der Waals surface area contributed by atoms with Gasteiger partial charge in [0.1, 0.15) is 0 Å². The fourth-order valence-electron chi connectivity index (χ4n) is 2.45. The number of hydrogen-bond acceptors (Lipinski definition) is 2. The number of benzene rings is 1. The molecule has 1 aliphatic carbocycles. The molecule has 0 unspecified atom stereocenters. The van der Waals surface area contributed by atoms with Crippen molar-refractivity contribution in [1.82, 2.24) is 5.32 Å². The summed E-state index contributed by atoms with van der Waals surface area (Å²) in [6, 6.07) is 7.64. The third-order valence-electron chi connectivity index (χ3n) is 3.21. The van der Waals surface area contributed by atoms with Crippen LogP contribution in [0, 0.1) is 5.41 Å². The van der Waals surface area contributed by atoms with Crippen LogP contribution in [-0.2, 0) is 11.2 Å². The number of rotatable bonds is 2. The summed E-state index contributed by atoms with van der Waals surface area (Å²) in [6.45, 7) is 6.10. The first-order valence-electron chi connectivity index (χ1n) is 6.42. The van der Waals surface area contributed by atoms with Crippen LogP contribution in [0.15, 0.2) is 24.3 Å². The molecule has 0 saturated heterocycles. The number of fused-ring (bicyclic) bond motifs is 1. The number of carbonyl (C=O) groups excluding carboxylic acids is 1. The van der Waals surface area contributed by atoms with Gasteiger partial charge in [0, 0.05) is 12.8 Å². The maximum atomic E-state index is 11.9. The van der Waals surface area contributed by atoms with Crippen molar-refractivity contribution in [3.63, 3.8) is 0 Å². The SMILES string of the molecule is CC(C)(C)CC(=O)N[C@@H]1c2ccccc2C[C@@H]1O. The summed E-state index contributed by atoms with van der Waals surface area (Å²) in [5.41, 5.74) is 2.14. The van der Waals surface area contributed by atoms with Crippen LogP contribution in [0.5, 0.6) is 0 Å². The number of nitrogens with one attached hydrogen (secondary N) is 1. The van der Waals surface area contributed by atoms with Gasteiger partial charge in [-0.05, 0) is 16.5 Å². The molecular weight excluding hydrogens is 226 g/mol. The Labute approximate surface area is 108 Å². The van der Waals surface area contributed by atoms with Gasteiger partial charge in [-0.2, -0.15) is 0 Å². The first kappa shape index (κ1) is 13.1. The van der Waals surface area contributed by atoms with Crippen LogP contribution in [0.2, 0.25) is 0 Å². The van der Waals surface area contributed by atoms with E-state index in [9.17, 15) is 9.90 Å². The van der Waals surface area contributed by atoms with E-state index in [0.29, 0.717) is 12.8 Å². The fraction of sp³-hybridized carbons (Fsp3) is 0.533. The van der Waals surface area contributed by atoms with Crippen LogP contribution in [0.25, 0.3) is 0 Å². The number of hydrogen-bond donors (Lipinski definition) is 2. The molecule has 2 N–H and O–H groups in total. The van der Waals surface area contributed by atoms with Crippen molar-refractivity contribution >= 4 is 5.91 Å². The normalized spacial score (nSPS) is 22.7. The Balaban J connectivity index is 2.08. The molecule has 0 spiro atoms. The zero-order valence-electron chi connectivity index (χ0n) is 11.2.